The number of H-pyrrole nitrogens is 1. The average Bonchev–Trinajstić information content (AvgIpc) is 3.38. The number of hydrogen-bond acceptors (Lipinski definition) is 7. The Kier molecular flexibility index (Phi) is 5.15. The second kappa shape index (κ2) is 8.02. The second-order valence-electron chi connectivity index (χ2n) is 9.06. The molecule has 3 N–H and O–H groups in total. The average molecular weight is 449 g/mol. The maximum Gasteiger partial charge on any atom is 0.228 e. The first kappa shape index (κ1) is 21.2. The van der Waals surface area contributed by atoms with E-state index in [0.29, 0.717) is 17.5 Å². The molecule has 1 aliphatic rings. The lowest BCUT2D eigenvalue weighted by Crippen LogP contribution is -2.49. The molecule has 1 saturated carbocycles. The van der Waals surface area contributed by atoms with Gasteiger partial charge in [-0.25, -0.2) is 4.68 Å². The van der Waals surface area contributed by atoms with E-state index in [4.69, 9.17) is 9.72 Å². The number of hydrogen-bond donors (Lipinski definition) is 3. The van der Waals surface area contributed by atoms with E-state index in [-0.39, 0.29) is 17.5 Å². The maximum absolute atomic E-state index is 11.5. The highest BCUT2D eigenvalue weighted by atomic mass is 16.5. The van der Waals surface area contributed by atoms with Crippen LogP contribution in [0.5, 0.6) is 5.88 Å². The van der Waals surface area contributed by atoms with Gasteiger partial charge in [-0.1, -0.05) is 11.3 Å². The highest BCUT2D eigenvalue weighted by Crippen LogP contribution is 2.36. The number of benzene rings is 1. The van der Waals surface area contributed by atoms with Crippen LogP contribution in [0, 0.1) is 0 Å². The molecule has 0 aliphatic heterocycles. The smallest absolute Gasteiger partial charge is 0.228 e. The molecule has 10 heteroatoms. The Morgan fingerprint density at radius 1 is 1.27 bits per heavy atom. The van der Waals surface area contributed by atoms with Crippen LogP contribution in [0.4, 0.5) is 5.95 Å². The number of ether oxygens (including phenoxy) is 1. The molecule has 0 atom stereocenters. The van der Waals surface area contributed by atoms with E-state index in [9.17, 15) is 4.79 Å². The summed E-state index contributed by atoms with van der Waals surface area (Å²) in [5, 5.41) is 15.6. The minimum Gasteiger partial charge on any atom is -0.480 e. The zero-order valence-electron chi connectivity index (χ0n) is 19.3. The SMILES string of the molecule is COc1nc(NC2CCC(C)(NC(C)=O)CC2)nc2[nH]cc(-c3ccc4nnn(C)c4c3)c12. The summed E-state index contributed by atoms with van der Waals surface area (Å²) in [5.74, 6) is 1.07. The van der Waals surface area contributed by atoms with Crippen LogP contribution >= 0.6 is 0 Å². The van der Waals surface area contributed by atoms with Crippen molar-refractivity contribution in [3.05, 3.63) is 24.4 Å². The van der Waals surface area contributed by atoms with E-state index in [1.54, 1.807) is 18.7 Å². The minimum absolute atomic E-state index is 0.0174. The minimum atomic E-state index is -0.147. The standard InChI is InChI=1S/C23H28N8O2/c1-13(32)28-23(2)9-7-15(8-10-23)25-22-26-20-19(21(27-22)33-4)16(12-24-20)14-5-6-17-18(11-14)31(3)30-29-17/h5-6,11-12,15H,7-10H2,1-4H3,(H,28,32)(H2,24,25,26,27). The van der Waals surface area contributed by atoms with Crippen molar-refractivity contribution < 1.29 is 9.53 Å². The molecule has 33 heavy (non-hydrogen) atoms. The molecule has 5 rings (SSSR count). The van der Waals surface area contributed by atoms with Crippen LogP contribution < -0.4 is 15.4 Å². The maximum atomic E-state index is 11.5. The van der Waals surface area contributed by atoms with Crippen LogP contribution in [0.1, 0.15) is 39.5 Å². The first-order valence-electron chi connectivity index (χ1n) is 11.1. The molecule has 0 radical (unpaired) electrons. The van der Waals surface area contributed by atoms with E-state index in [2.05, 4.69) is 43.9 Å². The number of carbonyl (C=O) groups excluding carboxylic acids is 1. The summed E-state index contributed by atoms with van der Waals surface area (Å²) in [6, 6.07) is 6.26. The summed E-state index contributed by atoms with van der Waals surface area (Å²) in [6.07, 6.45) is 5.59. The number of carbonyl (C=O) groups is 1. The van der Waals surface area contributed by atoms with Gasteiger partial charge < -0.3 is 20.4 Å². The number of amides is 1. The Bertz CT molecular complexity index is 1330. The van der Waals surface area contributed by atoms with Gasteiger partial charge in [-0.05, 0) is 50.3 Å². The topological polar surface area (TPSA) is 123 Å². The van der Waals surface area contributed by atoms with Gasteiger partial charge in [-0.15, -0.1) is 5.10 Å². The number of rotatable bonds is 5. The van der Waals surface area contributed by atoms with E-state index >= 15 is 0 Å². The Morgan fingerprint density at radius 2 is 2.06 bits per heavy atom. The third-order valence-corrected chi connectivity index (χ3v) is 6.51. The first-order valence-corrected chi connectivity index (χ1v) is 11.1. The van der Waals surface area contributed by atoms with Crippen LogP contribution in [0.25, 0.3) is 33.2 Å². The van der Waals surface area contributed by atoms with Crippen LogP contribution in [0.15, 0.2) is 24.4 Å². The number of anilines is 1. The van der Waals surface area contributed by atoms with E-state index < -0.39 is 0 Å². The van der Waals surface area contributed by atoms with Gasteiger partial charge in [0.05, 0.1) is 18.0 Å². The van der Waals surface area contributed by atoms with Gasteiger partial charge >= 0.3 is 0 Å². The van der Waals surface area contributed by atoms with Crippen molar-refractivity contribution in [1.82, 2.24) is 35.3 Å². The van der Waals surface area contributed by atoms with Gasteiger partial charge in [-0.3, -0.25) is 4.79 Å². The molecular weight excluding hydrogens is 420 g/mol. The summed E-state index contributed by atoms with van der Waals surface area (Å²) in [7, 11) is 3.50. The number of fused-ring (bicyclic) bond motifs is 2. The van der Waals surface area contributed by atoms with Crippen molar-refractivity contribution in [3.8, 4) is 17.0 Å². The molecule has 172 valence electrons. The molecule has 3 aromatic heterocycles. The molecule has 1 amide bonds. The molecular formula is C23H28N8O2. The van der Waals surface area contributed by atoms with Crippen molar-refractivity contribution in [2.75, 3.05) is 12.4 Å². The van der Waals surface area contributed by atoms with E-state index in [1.165, 1.54) is 0 Å². The fraction of sp³-hybridized carbons (Fsp3) is 0.435. The van der Waals surface area contributed by atoms with Gasteiger partial charge in [0.1, 0.15) is 11.2 Å². The quantitative estimate of drug-likeness (QED) is 0.428. The molecule has 0 bridgehead atoms. The van der Waals surface area contributed by atoms with Gasteiger partial charge in [0.15, 0.2) is 0 Å². The molecule has 0 spiro atoms. The van der Waals surface area contributed by atoms with E-state index in [0.717, 1.165) is 53.2 Å². The van der Waals surface area contributed by atoms with Gasteiger partial charge in [-0.2, -0.15) is 9.97 Å². The molecule has 1 aromatic carbocycles. The number of nitrogens with zero attached hydrogens (tertiary/aromatic N) is 5. The van der Waals surface area contributed by atoms with Crippen LogP contribution in [-0.2, 0) is 11.8 Å². The highest BCUT2D eigenvalue weighted by molar-refractivity contribution is 5.99. The number of nitrogens with one attached hydrogen (secondary N) is 3. The van der Waals surface area contributed by atoms with Gasteiger partial charge in [0.2, 0.25) is 17.7 Å². The van der Waals surface area contributed by atoms with Crippen molar-refractivity contribution in [2.24, 2.45) is 7.05 Å². The number of aromatic amines is 1. The lowest BCUT2D eigenvalue weighted by Gasteiger charge is -2.38. The number of aromatic nitrogens is 6. The summed E-state index contributed by atoms with van der Waals surface area (Å²) >= 11 is 0. The largest absolute Gasteiger partial charge is 0.480 e. The summed E-state index contributed by atoms with van der Waals surface area (Å²) in [4.78, 5) is 24.1. The third kappa shape index (κ3) is 3.96. The fourth-order valence-corrected chi connectivity index (χ4v) is 4.77. The first-order chi connectivity index (χ1) is 15.8. The van der Waals surface area contributed by atoms with Crippen molar-refractivity contribution in [1.29, 1.82) is 0 Å². The Labute approximate surface area is 191 Å². The normalized spacial score (nSPS) is 20.8. The summed E-state index contributed by atoms with van der Waals surface area (Å²) in [5.41, 5.74) is 4.32. The Hall–Kier alpha value is -3.69. The molecule has 0 unspecified atom stereocenters. The van der Waals surface area contributed by atoms with E-state index in [1.807, 2.05) is 25.4 Å². The zero-order valence-corrected chi connectivity index (χ0v) is 19.3. The molecule has 3 heterocycles. The summed E-state index contributed by atoms with van der Waals surface area (Å²) < 4.78 is 7.42. The number of aryl methyl sites for hydroxylation is 1. The van der Waals surface area contributed by atoms with Crippen molar-refractivity contribution in [2.45, 2.75) is 51.1 Å². The predicted octanol–water partition coefficient (Wildman–Crippen LogP) is 3.16. The Morgan fingerprint density at radius 3 is 2.79 bits per heavy atom. The van der Waals surface area contributed by atoms with Gasteiger partial charge in [0, 0.05) is 37.3 Å². The van der Waals surface area contributed by atoms with Crippen LogP contribution in [-0.4, -0.2) is 54.5 Å². The lowest BCUT2D eigenvalue weighted by molar-refractivity contribution is -0.121. The number of methoxy groups -OCH3 is 1. The van der Waals surface area contributed by atoms with Gasteiger partial charge in [0.25, 0.3) is 0 Å². The predicted molar refractivity (Wildman–Crippen MR) is 126 cm³/mol. The van der Waals surface area contributed by atoms with Crippen LogP contribution in [0.3, 0.4) is 0 Å². The molecule has 10 nitrogen and oxygen atoms in total. The lowest BCUT2D eigenvalue weighted by atomic mass is 9.81. The zero-order chi connectivity index (χ0) is 23.2. The third-order valence-electron chi connectivity index (χ3n) is 6.51. The molecule has 1 fully saturated rings. The summed E-state index contributed by atoms with van der Waals surface area (Å²) in [6.45, 7) is 3.68. The fourth-order valence-electron chi connectivity index (χ4n) is 4.77. The van der Waals surface area contributed by atoms with Crippen molar-refractivity contribution >= 4 is 33.9 Å². The second-order valence-corrected chi connectivity index (χ2v) is 9.06. The Balaban J connectivity index is 1.41. The molecule has 4 aromatic rings. The van der Waals surface area contributed by atoms with Crippen molar-refractivity contribution in [3.63, 3.8) is 0 Å². The monoisotopic (exact) mass is 448 g/mol. The molecule has 0 saturated heterocycles. The highest BCUT2D eigenvalue weighted by Gasteiger charge is 2.32. The van der Waals surface area contributed by atoms with Crippen LogP contribution in [0.2, 0.25) is 0 Å². The molecule has 1 aliphatic carbocycles.